The Balaban J connectivity index is 2.06. The maximum Gasteiger partial charge on any atom is 0.234 e. The molecule has 0 unspecified atom stereocenters. The van der Waals surface area contributed by atoms with Crippen LogP contribution in [0.2, 0.25) is 0 Å². The summed E-state index contributed by atoms with van der Waals surface area (Å²) in [4.78, 5) is 13.5. The molecule has 23 heavy (non-hydrogen) atoms. The van der Waals surface area contributed by atoms with Gasteiger partial charge in [0.15, 0.2) is 0 Å². The average molecular weight is 392 g/mol. The van der Waals surface area contributed by atoms with Crippen LogP contribution in [-0.2, 0) is 4.79 Å². The third-order valence-corrected chi connectivity index (χ3v) is 6.26. The summed E-state index contributed by atoms with van der Waals surface area (Å²) in [5.74, 6) is 0.430. The average Bonchev–Trinajstić information content (AvgIpc) is 2.49. The molecule has 0 aliphatic rings. The molecule has 2 aromatic rings. The zero-order chi connectivity index (χ0) is 17.1. The predicted molar refractivity (Wildman–Crippen MR) is 104 cm³/mol. The van der Waals surface area contributed by atoms with Crippen molar-refractivity contribution in [3.63, 3.8) is 0 Å². The van der Waals surface area contributed by atoms with E-state index in [1.54, 1.807) is 11.8 Å². The van der Waals surface area contributed by atoms with Gasteiger partial charge in [-0.2, -0.15) is 0 Å². The number of amides is 1. The molecule has 1 N–H and O–H groups in total. The Kier molecular flexibility index (Phi) is 5.93. The first-order valence-electron chi connectivity index (χ1n) is 7.55. The van der Waals surface area contributed by atoms with Crippen LogP contribution in [0.25, 0.3) is 0 Å². The third kappa shape index (κ3) is 4.39. The van der Waals surface area contributed by atoms with Gasteiger partial charge in [-0.1, -0.05) is 28.1 Å². The Labute approximate surface area is 151 Å². The smallest absolute Gasteiger partial charge is 0.234 e. The SMILES string of the molecule is Cc1ccc(NC(=O)CSc2c(C)c(C)cc(C)c2C)cc1Br. The summed E-state index contributed by atoms with van der Waals surface area (Å²) in [6.45, 7) is 10.5. The van der Waals surface area contributed by atoms with Crippen molar-refractivity contribution in [2.45, 2.75) is 39.5 Å². The lowest BCUT2D eigenvalue weighted by Crippen LogP contribution is -2.14. The minimum Gasteiger partial charge on any atom is -0.325 e. The van der Waals surface area contributed by atoms with E-state index in [1.165, 1.54) is 27.1 Å². The molecule has 122 valence electrons. The molecule has 4 heteroatoms. The summed E-state index contributed by atoms with van der Waals surface area (Å²) in [5, 5.41) is 2.96. The summed E-state index contributed by atoms with van der Waals surface area (Å²) in [6.07, 6.45) is 0. The van der Waals surface area contributed by atoms with E-state index in [2.05, 4.69) is 55.0 Å². The Hall–Kier alpha value is -1.26. The van der Waals surface area contributed by atoms with E-state index in [-0.39, 0.29) is 5.91 Å². The molecule has 2 aromatic carbocycles. The number of hydrogen-bond donors (Lipinski definition) is 1. The molecule has 0 heterocycles. The normalized spacial score (nSPS) is 10.7. The molecule has 0 spiro atoms. The van der Waals surface area contributed by atoms with Gasteiger partial charge in [-0.15, -0.1) is 11.8 Å². The van der Waals surface area contributed by atoms with Crippen molar-refractivity contribution in [3.05, 3.63) is 56.6 Å². The van der Waals surface area contributed by atoms with Crippen molar-refractivity contribution in [2.24, 2.45) is 0 Å². The van der Waals surface area contributed by atoms with Gasteiger partial charge < -0.3 is 5.32 Å². The minimum atomic E-state index is 0.0173. The van der Waals surface area contributed by atoms with Crippen LogP contribution in [0.4, 0.5) is 5.69 Å². The van der Waals surface area contributed by atoms with Gasteiger partial charge in [0.1, 0.15) is 0 Å². The fraction of sp³-hybridized carbons (Fsp3) is 0.316. The van der Waals surface area contributed by atoms with Gasteiger partial charge in [-0.3, -0.25) is 4.79 Å². The highest BCUT2D eigenvalue weighted by molar-refractivity contribution is 9.10. The molecule has 0 saturated carbocycles. The van der Waals surface area contributed by atoms with Crippen LogP contribution in [0, 0.1) is 34.6 Å². The second kappa shape index (κ2) is 7.54. The van der Waals surface area contributed by atoms with Crippen LogP contribution in [0.15, 0.2) is 33.6 Å². The lowest BCUT2D eigenvalue weighted by Gasteiger charge is -2.14. The number of hydrogen-bond acceptors (Lipinski definition) is 2. The lowest BCUT2D eigenvalue weighted by atomic mass is 10.0. The molecule has 0 bridgehead atoms. The maximum atomic E-state index is 12.2. The number of rotatable bonds is 4. The highest BCUT2D eigenvalue weighted by Gasteiger charge is 2.11. The maximum absolute atomic E-state index is 12.2. The molecule has 0 saturated heterocycles. The van der Waals surface area contributed by atoms with Crippen molar-refractivity contribution >= 4 is 39.3 Å². The van der Waals surface area contributed by atoms with Gasteiger partial charge in [-0.05, 0) is 74.6 Å². The van der Waals surface area contributed by atoms with E-state index in [4.69, 9.17) is 0 Å². The van der Waals surface area contributed by atoms with Crippen LogP contribution >= 0.6 is 27.7 Å². The van der Waals surface area contributed by atoms with Crippen molar-refractivity contribution < 1.29 is 4.79 Å². The van der Waals surface area contributed by atoms with Crippen molar-refractivity contribution in [2.75, 3.05) is 11.1 Å². The number of carbonyl (C=O) groups excluding carboxylic acids is 1. The van der Waals surface area contributed by atoms with E-state index < -0.39 is 0 Å². The van der Waals surface area contributed by atoms with E-state index >= 15 is 0 Å². The first-order chi connectivity index (χ1) is 10.8. The van der Waals surface area contributed by atoms with Gasteiger partial charge in [0, 0.05) is 15.1 Å². The highest BCUT2D eigenvalue weighted by Crippen LogP contribution is 2.31. The number of carbonyl (C=O) groups is 1. The number of aryl methyl sites for hydroxylation is 3. The van der Waals surface area contributed by atoms with Gasteiger partial charge in [0.05, 0.1) is 5.75 Å². The van der Waals surface area contributed by atoms with Crippen molar-refractivity contribution in [1.82, 2.24) is 0 Å². The summed E-state index contributed by atoms with van der Waals surface area (Å²) in [6, 6.07) is 8.06. The number of thioether (sulfide) groups is 1. The Morgan fingerprint density at radius 3 is 2.17 bits per heavy atom. The first kappa shape index (κ1) is 18.1. The summed E-state index contributed by atoms with van der Waals surface area (Å²) < 4.78 is 1.00. The molecule has 0 fully saturated rings. The zero-order valence-corrected chi connectivity index (χ0v) is 16.6. The summed E-state index contributed by atoms with van der Waals surface area (Å²) >= 11 is 5.10. The molecular formula is C19H22BrNOS. The fourth-order valence-corrected chi connectivity index (χ4v) is 3.88. The quantitative estimate of drug-likeness (QED) is 0.674. The second-order valence-electron chi connectivity index (χ2n) is 5.89. The molecule has 0 aliphatic carbocycles. The van der Waals surface area contributed by atoms with Crippen LogP contribution in [0.3, 0.4) is 0 Å². The minimum absolute atomic E-state index is 0.0173. The molecule has 2 rings (SSSR count). The summed E-state index contributed by atoms with van der Waals surface area (Å²) in [5.41, 5.74) is 7.06. The Morgan fingerprint density at radius 2 is 1.61 bits per heavy atom. The van der Waals surface area contributed by atoms with Crippen LogP contribution in [-0.4, -0.2) is 11.7 Å². The van der Waals surface area contributed by atoms with Gasteiger partial charge in [-0.25, -0.2) is 0 Å². The predicted octanol–water partition coefficient (Wildman–Crippen LogP) is 5.72. The summed E-state index contributed by atoms with van der Waals surface area (Å²) in [7, 11) is 0. The number of halogens is 1. The number of nitrogens with one attached hydrogen (secondary N) is 1. The third-order valence-electron chi connectivity index (χ3n) is 4.10. The van der Waals surface area contributed by atoms with Gasteiger partial charge in [0.2, 0.25) is 5.91 Å². The van der Waals surface area contributed by atoms with E-state index in [1.807, 2.05) is 25.1 Å². The largest absolute Gasteiger partial charge is 0.325 e. The van der Waals surface area contributed by atoms with Crippen molar-refractivity contribution in [3.8, 4) is 0 Å². The van der Waals surface area contributed by atoms with Gasteiger partial charge >= 0.3 is 0 Å². The molecular weight excluding hydrogens is 370 g/mol. The molecule has 0 radical (unpaired) electrons. The van der Waals surface area contributed by atoms with E-state index in [0.717, 1.165) is 15.7 Å². The standard InChI is InChI=1S/C19H22BrNOS/c1-11-6-7-16(9-17(11)20)21-18(22)10-23-19-14(4)12(2)8-13(3)15(19)5/h6-9H,10H2,1-5H3,(H,21,22). The molecule has 2 nitrogen and oxygen atoms in total. The van der Waals surface area contributed by atoms with E-state index in [9.17, 15) is 4.79 Å². The molecule has 0 aromatic heterocycles. The number of anilines is 1. The van der Waals surface area contributed by atoms with Crippen LogP contribution < -0.4 is 5.32 Å². The fourth-order valence-electron chi connectivity index (χ4n) is 2.40. The topological polar surface area (TPSA) is 29.1 Å². The van der Waals surface area contributed by atoms with Gasteiger partial charge in [0.25, 0.3) is 0 Å². The molecule has 1 amide bonds. The first-order valence-corrected chi connectivity index (χ1v) is 9.33. The molecule has 0 aliphatic heterocycles. The highest BCUT2D eigenvalue weighted by atomic mass is 79.9. The van der Waals surface area contributed by atoms with E-state index in [0.29, 0.717) is 5.75 Å². The van der Waals surface area contributed by atoms with Crippen molar-refractivity contribution in [1.29, 1.82) is 0 Å². The second-order valence-corrected chi connectivity index (χ2v) is 7.73. The molecule has 0 atom stereocenters. The van der Waals surface area contributed by atoms with Crippen LogP contribution in [0.1, 0.15) is 27.8 Å². The monoisotopic (exact) mass is 391 g/mol. The Morgan fingerprint density at radius 1 is 1.00 bits per heavy atom. The van der Waals surface area contributed by atoms with Crippen LogP contribution in [0.5, 0.6) is 0 Å². The Bertz CT molecular complexity index is 729. The lowest BCUT2D eigenvalue weighted by molar-refractivity contribution is -0.113. The zero-order valence-electron chi connectivity index (χ0n) is 14.2. The number of benzene rings is 2.